The van der Waals surface area contributed by atoms with Gasteiger partial charge in [-0.2, -0.15) is 0 Å². The van der Waals surface area contributed by atoms with Crippen molar-refractivity contribution in [3.63, 3.8) is 0 Å². The van der Waals surface area contributed by atoms with Gasteiger partial charge in [0.1, 0.15) is 17.2 Å². The molecule has 3 aliphatic heterocycles. The van der Waals surface area contributed by atoms with Crippen LogP contribution in [0.4, 0.5) is 8.78 Å². The molecule has 7 nitrogen and oxygen atoms in total. The maximum atomic E-state index is 13.8. The van der Waals surface area contributed by atoms with E-state index in [0.717, 1.165) is 31.7 Å². The molecule has 4 aliphatic rings. The number of amides is 2. The molecule has 31 heavy (non-hydrogen) atoms. The highest BCUT2D eigenvalue weighted by Crippen LogP contribution is 2.47. The fraction of sp³-hybridized carbons (Fsp3) is 0.409. The highest BCUT2D eigenvalue weighted by atomic mass is 19.1. The van der Waals surface area contributed by atoms with Gasteiger partial charge >= 0.3 is 0 Å². The number of hydrogen-bond acceptors (Lipinski definition) is 4. The lowest BCUT2D eigenvalue weighted by molar-refractivity contribution is -0.0389. The summed E-state index contributed by atoms with van der Waals surface area (Å²) in [5, 5.41) is 12.9. The summed E-state index contributed by atoms with van der Waals surface area (Å²) in [6.45, 7) is 0.768. The van der Waals surface area contributed by atoms with E-state index in [1.165, 1.54) is 16.8 Å². The van der Waals surface area contributed by atoms with E-state index in [1.807, 2.05) is 0 Å². The predicted molar refractivity (Wildman–Crippen MR) is 106 cm³/mol. The zero-order chi connectivity index (χ0) is 21.9. The lowest BCUT2D eigenvalue weighted by Gasteiger charge is -2.57. The second-order valence-electron chi connectivity index (χ2n) is 8.70. The van der Waals surface area contributed by atoms with E-state index in [1.54, 1.807) is 4.90 Å². The lowest BCUT2D eigenvalue weighted by Crippen LogP contribution is -2.65. The molecule has 2 saturated heterocycles. The molecule has 2 amide bonds. The maximum absolute atomic E-state index is 13.8. The molecular formula is C22H21F2N3O4. The van der Waals surface area contributed by atoms with E-state index < -0.39 is 28.7 Å². The van der Waals surface area contributed by atoms with Crippen LogP contribution in [0.3, 0.4) is 0 Å². The fourth-order valence-electron chi connectivity index (χ4n) is 5.20. The van der Waals surface area contributed by atoms with Gasteiger partial charge in [0.2, 0.25) is 5.43 Å². The molecule has 2 aromatic rings. The van der Waals surface area contributed by atoms with Crippen molar-refractivity contribution in [2.45, 2.75) is 44.3 Å². The van der Waals surface area contributed by atoms with Crippen LogP contribution in [0.1, 0.15) is 52.1 Å². The quantitative estimate of drug-likeness (QED) is 0.782. The zero-order valence-electron chi connectivity index (χ0n) is 16.7. The van der Waals surface area contributed by atoms with E-state index in [0.29, 0.717) is 25.1 Å². The summed E-state index contributed by atoms with van der Waals surface area (Å²) in [5.41, 5.74) is -1.67. The Balaban J connectivity index is 1.46. The standard InChI is InChI=1S/C22H21F2N3O4/c23-14-2-1-13(16(24)7-14)8-25-20(30)15-10-26-11-22-5-3-12(4-6-22)9-27(22)21(31)17(26)19(29)18(15)28/h1-2,7,10,12,29H,3-6,8-9,11H2,(H,25,30)/t12-,22+. The molecular weight excluding hydrogens is 408 g/mol. The first kappa shape index (κ1) is 19.7. The van der Waals surface area contributed by atoms with Crippen molar-refractivity contribution in [1.82, 2.24) is 14.8 Å². The summed E-state index contributed by atoms with van der Waals surface area (Å²) >= 11 is 0. The van der Waals surface area contributed by atoms with Crippen LogP contribution < -0.4 is 10.7 Å². The number of aromatic hydroxyl groups is 1. The number of pyridine rings is 1. The van der Waals surface area contributed by atoms with Crippen molar-refractivity contribution in [3.05, 3.63) is 63.1 Å². The van der Waals surface area contributed by atoms with Crippen LogP contribution in [0.2, 0.25) is 0 Å². The van der Waals surface area contributed by atoms with Gasteiger partial charge < -0.3 is 19.9 Å². The van der Waals surface area contributed by atoms with Gasteiger partial charge in [-0.15, -0.1) is 0 Å². The Morgan fingerprint density at radius 2 is 1.97 bits per heavy atom. The van der Waals surface area contributed by atoms with Crippen LogP contribution in [0.15, 0.2) is 29.2 Å². The second kappa shape index (κ2) is 6.90. The average molecular weight is 429 g/mol. The van der Waals surface area contributed by atoms with Crippen LogP contribution in [0.5, 0.6) is 5.75 Å². The molecule has 0 radical (unpaired) electrons. The minimum absolute atomic E-state index is 0.0562. The molecule has 4 heterocycles. The van der Waals surface area contributed by atoms with Gasteiger partial charge in [-0.25, -0.2) is 8.78 Å². The third-order valence-corrected chi connectivity index (χ3v) is 6.92. The first-order valence-electron chi connectivity index (χ1n) is 10.3. The Morgan fingerprint density at radius 3 is 2.68 bits per heavy atom. The summed E-state index contributed by atoms with van der Waals surface area (Å²) in [6, 6.07) is 2.98. The highest BCUT2D eigenvalue weighted by molar-refractivity contribution is 5.99. The smallest absolute Gasteiger partial charge is 0.275 e. The maximum Gasteiger partial charge on any atom is 0.275 e. The molecule has 1 aliphatic carbocycles. The van der Waals surface area contributed by atoms with E-state index in [-0.39, 0.29) is 34.8 Å². The van der Waals surface area contributed by atoms with Gasteiger partial charge in [-0.05, 0) is 37.7 Å². The molecule has 1 spiro atoms. The largest absolute Gasteiger partial charge is 0.503 e. The minimum atomic E-state index is -0.949. The van der Waals surface area contributed by atoms with Crippen molar-refractivity contribution in [3.8, 4) is 5.75 Å². The normalized spacial score (nSPS) is 24.0. The van der Waals surface area contributed by atoms with Gasteiger partial charge in [-0.1, -0.05) is 6.07 Å². The molecule has 9 heteroatoms. The molecule has 1 aromatic carbocycles. The Morgan fingerprint density at radius 1 is 1.23 bits per heavy atom. The molecule has 3 fully saturated rings. The van der Waals surface area contributed by atoms with Gasteiger partial charge in [0, 0.05) is 37.5 Å². The number of piperidine rings is 2. The van der Waals surface area contributed by atoms with Gasteiger partial charge in [-0.3, -0.25) is 14.4 Å². The van der Waals surface area contributed by atoms with Crippen LogP contribution in [0.25, 0.3) is 0 Å². The van der Waals surface area contributed by atoms with Crippen molar-refractivity contribution in [1.29, 1.82) is 0 Å². The lowest BCUT2D eigenvalue weighted by atomic mass is 9.69. The Hall–Kier alpha value is -3.23. The highest BCUT2D eigenvalue weighted by Gasteiger charge is 2.52. The van der Waals surface area contributed by atoms with Gasteiger partial charge in [0.25, 0.3) is 11.8 Å². The summed E-state index contributed by atoms with van der Waals surface area (Å²) in [6.07, 6.45) is 5.06. The topological polar surface area (TPSA) is 91.6 Å². The number of halogens is 2. The molecule has 0 unspecified atom stereocenters. The molecule has 1 aromatic heterocycles. The van der Waals surface area contributed by atoms with Gasteiger partial charge in [0.05, 0.1) is 5.54 Å². The summed E-state index contributed by atoms with van der Waals surface area (Å²) in [7, 11) is 0. The Kier molecular flexibility index (Phi) is 4.39. The Labute approximate surface area is 176 Å². The van der Waals surface area contributed by atoms with E-state index in [9.17, 15) is 28.3 Å². The van der Waals surface area contributed by atoms with Crippen LogP contribution in [-0.4, -0.2) is 38.5 Å². The fourth-order valence-corrected chi connectivity index (χ4v) is 5.20. The average Bonchev–Trinajstić information content (AvgIpc) is 2.75. The van der Waals surface area contributed by atoms with Crippen LogP contribution in [0, 0.1) is 17.6 Å². The summed E-state index contributed by atoms with van der Waals surface area (Å²) in [5.74, 6) is -3.04. The number of carbonyl (C=O) groups is 2. The molecule has 162 valence electrons. The molecule has 2 N–H and O–H groups in total. The minimum Gasteiger partial charge on any atom is -0.503 e. The Bertz CT molecular complexity index is 1170. The zero-order valence-corrected chi connectivity index (χ0v) is 16.7. The molecule has 6 rings (SSSR count). The SMILES string of the molecule is O=C(NCc1ccc(F)cc1F)c1cn2c(c(O)c1=O)C(=O)N1C[C@H]3CC[C@@]1(CC3)C2. The molecule has 0 atom stereocenters. The van der Waals surface area contributed by atoms with Crippen molar-refractivity contribution < 1.29 is 23.5 Å². The first-order valence-corrected chi connectivity index (χ1v) is 10.3. The second-order valence-corrected chi connectivity index (χ2v) is 8.70. The number of hydrogen-bond donors (Lipinski definition) is 2. The number of nitrogens with one attached hydrogen (secondary N) is 1. The number of aromatic nitrogens is 1. The molecule has 1 saturated carbocycles. The number of nitrogens with zero attached hydrogens (tertiary/aromatic N) is 2. The van der Waals surface area contributed by atoms with Gasteiger partial charge in [0.15, 0.2) is 11.4 Å². The van der Waals surface area contributed by atoms with Crippen LogP contribution in [-0.2, 0) is 13.1 Å². The number of fused-ring (bicyclic) bond motifs is 3. The first-order chi connectivity index (χ1) is 14.8. The number of carbonyl (C=O) groups excluding carboxylic acids is 2. The predicted octanol–water partition coefficient (Wildman–Crippen LogP) is 2.16. The third kappa shape index (κ3) is 3.02. The van der Waals surface area contributed by atoms with Crippen molar-refractivity contribution in [2.75, 3.05) is 6.54 Å². The van der Waals surface area contributed by atoms with E-state index >= 15 is 0 Å². The number of benzene rings is 1. The summed E-state index contributed by atoms with van der Waals surface area (Å²) < 4.78 is 28.4. The molecule has 2 bridgehead atoms. The van der Waals surface area contributed by atoms with E-state index in [2.05, 4.69) is 5.32 Å². The van der Waals surface area contributed by atoms with Crippen molar-refractivity contribution in [2.24, 2.45) is 5.92 Å². The van der Waals surface area contributed by atoms with Crippen LogP contribution >= 0.6 is 0 Å². The van der Waals surface area contributed by atoms with Crippen molar-refractivity contribution >= 4 is 11.8 Å². The third-order valence-electron chi connectivity index (χ3n) is 6.92. The summed E-state index contributed by atoms with van der Waals surface area (Å²) in [4.78, 5) is 40.2. The van der Waals surface area contributed by atoms with E-state index in [4.69, 9.17) is 0 Å². The number of rotatable bonds is 3. The monoisotopic (exact) mass is 429 g/mol.